The molecule has 0 bridgehead atoms. The van der Waals surface area contributed by atoms with Gasteiger partial charge in [-0.1, -0.05) is 19.3 Å². The van der Waals surface area contributed by atoms with Gasteiger partial charge in [0.05, 0.1) is 17.8 Å². The molecule has 0 saturated heterocycles. The number of aromatic nitrogens is 2. The smallest absolute Gasteiger partial charge is 0.320 e. The largest absolute Gasteiger partial charge is 0.394 e. The summed E-state index contributed by atoms with van der Waals surface area (Å²) in [5, 5.41) is 19.7. The van der Waals surface area contributed by atoms with Gasteiger partial charge in [-0.3, -0.25) is 10.00 Å². The number of rotatable bonds is 4. The van der Waals surface area contributed by atoms with Crippen LogP contribution >= 0.6 is 0 Å². The molecule has 3 N–H and O–H groups in total. The first-order valence-corrected chi connectivity index (χ1v) is 7.65. The van der Waals surface area contributed by atoms with Crippen LogP contribution in [0.1, 0.15) is 44.7 Å². The SMILES string of the molecule is Cc1cc(NC(=O)N[C@@](C)(CO)C2CCCCC2)n(C)n1. The third kappa shape index (κ3) is 3.75. The summed E-state index contributed by atoms with van der Waals surface area (Å²) in [6.45, 7) is 3.76. The first kappa shape index (κ1) is 15.8. The number of hydrogen-bond acceptors (Lipinski definition) is 3. The van der Waals surface area contributed by atoms with Crippen LogP contribution in [0.25, 0.3) is 0 Å². The first-order valence-electron chi connectivity index (χ1n) is 7.65. The van der Waals surface area contributed by atoms with Crippen molar-refractivity contribution in [2.24, 2.45) is 13.0 Å². The fourth-order valence-electron chi connectivity index (χ4n) is 3.14. The maximum Gasteiger partial charge on any atom is 0.320 e. The Morgan fingerprint density at radius 3 is 2.67 bits per heavy atom. The van der Waals surface area contributed by atoms with Crippen molar-refractivity contribution >= 4 is 11.8 Å². The van der Waals surface area contributed by atoms with E-state index in [1.807, 2.05) is 19.9 Å². The lowest BCUT2D eigenvalue weighted by molar-refractivity contribution is 0.103. The van der Waals surface area contributed by atoms with E-state index in [4.69, 9.17) is 0 Å². The van der Waals surface area contributed by atoms with E-state index in [9.17, 15) is 9.90 Å². The number of nitrogens with one attached hydrogen (secondary N) is 2. The van der Waals surface area contributed by atoms with Gasteiger partial charge >= 0.3 is 6.03 Å². The van der Waals surface area contributed by atoms with Gasteiger partial charge in [-0.05, 0) is 32.6 Å². The summed E-state index contributed by atoms with van der Waals surface area (Å²) >= 11 is 0. The number of nitrogens with zero attached hydrogens (tertiary/aromatic N) is 2. The summed E-state index contributed by atoms with van der Waals surface area (Å²) in [4.78, 5) is 12.2. The van der Waals surface area contributed by atoms with Crippen molar-refractivity contribution in [3.8, 4) is 0 Å². The van der Waals surface area contributed by atoms with Crippen molar-refractivity contribution in [2.75, 3.05) is 11.9 Å². The van der Waals surface area contributed by atoms with Crippen molar-refractivity contribution in [1.29, 1.82) is 0 Å². The van der Waals surface area contributed by atoms with E-state index in [2.05, 4.69) is 15.7 Å². The molecule has 1 saturated carbocycles. The molecule has 1 aliphatic carbocycles. The van der Waals surface area contributed by atoms with Crippen LogP contribution in [0.3, 0.4) is 0 Å². The lowest BCUT2D eigenvalue weighted by Crippen LogP contribution is -2.56. The Bertz CT molecular complexity index is 494. The second-order valence-corrected chi connectivity index (χ2v) is 6.28. The minimum atomic E-state index is -0.571. The van der Waals surface area contributed by atoms with Crippen LogP contribution in [-0.2, 0) is 7.05 Å². The van der Waals surface area contributed by atoms with Gasteiger partial charge < -0.3 is 10.4 Å². The molecule has 1 aliphatic rings. The van der Waals surface area contributed by atoms with Crippen molar-refractivity contribution in [1.82, 2.24) is 15.1 Å². The minimum Gasteiger partial charge on any atom is -0.394 e. The quantitative estimate of drug-likeness (QED) is 0.796. The zero-order chi connectivity index (χ0) is 15.5. The van der Waals surface area contributed by atoms with Crippen molar-refractivity contribution in [2.45, 2.75) is 51.5 Å². The van der Waals surface area contributed by atoms with E-state index >= 15 is 0 Å². The zero-order valence-corrected chi connectivity index (χ0v) is 13.1. The molecule has 0 aliphatic heterocycles. The molecule has 0 spiro atoms. The van der Waals surface area contributed by atoms with Gasteiger partial charge in [0, 0.05) is 13.1 Å². The summed E-state index contributed by atoms with van der Waals surface area (Å²) in [6, 6.07) is 1.52. The summed E-state index contributed by atoms with van der Waals surface area (Å²) in [5.41, 5.74) is 0.281. The Morgan fingerprint density at radius 1 is 1.48 bits per heavy atom. The van der Waals surface area contributed by atoms with Crippen molar-refractivity contribution in [3.63, 3.8) is 0 Å². The average Bonchev–Trinajstić information content (AvgIpc) is 2.77. The molecular formula is C15H26N4O2. The highest BCUT2D eigenvalue weighted by molar-refractivity contribution is 5.89. The number of aliphatic hydroxyl groups excluding tert-OH is 1. The van der Waals surface area contributed by atoms with E-state index in [1.165, 1.54) is 19.3 Å². The maximum absolute atomic E-state index is 12.2. The first-order chi connectivity index (χ1) is 9.94. The molecule has 6 nitrogen and oxygen atoms in total. The van der Waals surface area contributed by atoms with Crippen LogP contribution in [0.15, 0.2) is 6.07 Å². The van der Waals surface area contributed by atoms with E-state index < -0.39 is 5.54 Å². The molecule has 6 heteroatoms. The maximum atomic E-state index is 12.2. The number of carbonyl (C=O) groups excluding carboxylic acids is 1. The Hall–Kier alpha value is -1.56. The molecule has 2 rings (SSSR count). The van der Waals surface area contributed by atoms with Crippen molar-refractivity contribution < 1.29 is 9.90 Å². The highest BCUT2D eigenvalue weighted by Gasteiger charge is 2.35. The second kappa shape index (κ2) is 6.47. The molecule has 1 aromatic heterocycles. The zero-order valence-electron chi connectivity index (χ0n) is 13.1. The van der Waals surface area contributed by atoms with Gasteiger partial charge in [0.25, 0.3) is 0 Å². The Kier molecular flexibility index (Phi) is 4.88. The summed E-state index contributed by atoms with van der Waals surface area (Å²) in [5.74, 6) is 0.976. The number of aliphatic hydroxyl groups is 1. The lowest BCUT2D eigenvalue weighted by Gasteiger charge is -2.39. The second-order valence-electron chi connectivity index (χ2n) is 6.28. The molecule has 2 amide bonds. The normalized spacial score (nSPS) is 19.0. The molecule has 1 aromatic rings. The number of amides is 2. The van der Waals surface area contributed by atoms with E-state index in [1.54, 1.807) is 11.7 Å². The molecule has 0 aromatic carbocycles. The monoisotopic (exact) mass is 294 g/mol. The van der Waals surface area contributed by atoms with Gasteiger partial charge in [0.1, 0.15) is 5.82 Å². The van der Waals surface area contributed by atoms with Crippen LogP contribution in [0, 0.1) is 12.8 Å². The fourth-order valence-corrected chi connectivity index (χ4v) is 3.14. The molecule has 118 valence electrons. The van der Waals surface area contributed by atoms with Gasteiger partial charge in [-0.15, -0.1) is 0 Å². The predicted octanol–water partition coefficient (Wildman–Crippen LogP) is 2.18. The number of anilines is 1. The van der Waals surface area contributed by atoms with Crippen LogP contribution in [0.2, 0.25) is 0 Å². The molecule has 1 heterocycles. The lowest BCUT2D eigenvalue weighted by atomic mass is 9.76. The molecule has 0 unspecified atom stereocenters. The van der Waals surface area contributed by atoms with E-state index in [0.717, 1.165) is 18.5 Å². The highest BCUT2D eigenvalue weighted by atomic mass is 16.3. The summed E-state index contributed by atoms with van der Waals surface area (Å²) in [7, 11) is 1.79. The molecule has 21 heavy (non-hydrogen) atoms. The number of urea groups is 1. The van der Waals surface area contributed by atoms with E-state index in [-0.39, 0.29) is 12.6 Å². The van der Waals surface area contributed by atoms with Gasteiger partial charge in [0.15, 0.2) is 0 Å². The topological polar surface area (TPSA) is 79.2 Å². The number of hydrogen-bond donors (Lipinski definition) is 3. The van der Waals surface area contributed by atoms with Crippen LogP contribution < -0.4 is 10.6 Å². The number of aryl methyl sites for hydroxylation is 2. The summed E-state index contributed by atoms with van der Waals surface area (Å²) < 4.78 is 1.63. The predicted molar refractivity (Wildman–Crippen MR) is 82.2 cm³/mol. The standard InChI is InChI=1S/C15H26N4O2/c1-11-9-13(19(3)18-11)16-14(21)17-15(2,10-20)12-7-5-4-6-8-12/h9,12,20H,4-8,10H2,1-3H3,(H2,16,17,21)/t15-/m0/s1. The summed E-state index contributed by atoms with van der Waals surface area (Å²) in [6.07, 6.45) is 5.71. The average molecular weight is 294 g/mol. The highest BCUT2D eigenvalue weighted by Crippen LogP contribution is 2.32. The van der Waals surface area contributed by atoms with Gasteiger partial charge in [-0.25, -0.2) is 4.79 Å². The Balaban J connectivity index is 2.00. The number of carbonyl (C=O) groups is 1. The molecule has 0 radical (unpaired) electrons. The van der Waals surface area contributed by atoms with Crippen LogP contribution in [0.5, 0.6) is 0 Å². The molecule has 1 fully saturated rings. The van der Waals surface area contributed by atoms with Crippen LogP contribution in [0.4, 0.5) is 10.6 Å². The molecule has 1 atom stereocenters. The molecular weight excluding hydrogens is 268 g/mol. The Morgan fingerprint density at radius 2 is 2.14 bits per heavy atom. The minimum absolute atomic E-state index is 0.0461. The van der Waals surface area contributed by atoms with Gasteiger partial charge in [-0.2, -0.15) is 5.10 Å². The van der Waals surface area contributed by atoms with E-state index in [0.29, 0.717) is 11.7 Å². The van der Waals surface area contributed by atoms with Gasteiger partial charge in [0.2, 0.25) is 0 Å². The Labute approximate surface area is 125 Å². The van der Waals surface area contributed by atoms with Crippen molar-refractivity contribution in [3.05, 3.63) is 11.8 Å². The fraction of sp³-hybridized carbons (Fsp3) is 0.733. The third-order valence-electron chi connectivity index (χ3n) is 4.48. The third-order valence-corrected chi connectivity index (χ3v) is 4.48. The van der Waals surface area contributed by atoms with Crippen LogP contribution in [-0.4, -0.2) is 33.1 Å².